The first-order valence-corrected chi connectivity index (χ1v) is 5.21. The van der Waals surface area contributed by atoms with Crippen molar-refractivity contribution in [2.75, 3.05) is 7.11 Å². The number of nitrogens with two attached hydrogens (primary N) is 1. The number of ether oxygens (including phenoxy) is 2. The van der Waals surface area contributed by atoms with Crippen molar-refractivity contribution in [2.45, 2.75) is 13.2 Å². The summed E-state index contributed by atoms with van der Waals surface area (Å²) < 4.78 is 15.6. The fourth-order valence-corrected chi connectivity index (χ4v) is 1.42. The number of methoxy groups -OCH3 is 1. The zero-order valence-corrected chi connectivity index (χ0v) is 9.55. The largest absolute Gasteiger partial charge is 0.493 e. The fourth-order valence-electron chi connectivity index (χ4n) is 1.42. The molecule has 0 amide bonds. The van der Waals surface area contributed by atoms with Gasteiger partial charge in [-0.1, -0.05) is 11.2 Å². The molecule has 0 atom stereocenters. The fraction of sp³-hybridized carbons (Fsp3) is 0.250. The van der Waals surface area contributed by atoms with Crippen molar-refractivity contribution in [3.8, 4) is 11.5 Å². The molecule has 2 aromatic rings. The van der Waals surface area contributed by atoms with Gasteiger partial charge in [0.15, 0.2) is 11.5 Å². The van der Waals surface area contributed by atoms with Crippen molar-refractivity contribution in [3.63, 3.8) is 0 Å². The number of hydrogen-bond donors (Lipinski definition) is 1. The van der Waals surface area contributed by atoms with Gasteiger partial charge in [0.05, 0.1) is 13.3 Å². The lowest BCUT2D eigenvalue weighted by molar-refractivity contribution is 0.283. The Kier molecular flexibility index (Phi) is 3.62. The van der Waals surface area contributed by atoms with E-state index in [0.29, 0.717) is 24.7 Å². The van der Waals surface area contributed by atoms with Gasteiger partial charge in [-0.15, -0.1) is 0 Å². The van der Waals surface area contributed by atoms with Crippen molar-refractivity contribution in [2.24, 2.45) is 5.73 Å². The highest BCUT2D eigenvalue weighted by Gasteiger charge is 2.06. The van der Waals surface area contributed by atoms with Gasteiger partial charge in [0.1, 0.15) is 12.9 Å². The minimum atomic E-state index is 0.391. The van der Waals surface area contributed by atoms with Crippen LogP contribution >= 0.6 is 0 Å². The normalized spacial score (nSPS) is 10.2. The third-order valence-corrected chi connectivity index (χ3v) is 2.34. The maximum atomic E-state index is 5.61. The first kappa shape index (κ1) is 11.5. The van der Waals surface area contributed by atoms with Crippen LogP contribution in [-0.2, 0) is 13.2 Å². The average molecular weight is 234 g/mol. The van der Waals surface area contributed by atoms with Crippen LogP contribution in [0.2, 0.25) is 0 Å². The van der Waals surface area contributed by atoms with Gasteiger partial charge in [-0.2, -0.15) is 0 Å². The van der Waals surface area contributed by atoms with Crippen molar-refractivity contribution in [1.29, 1.82) is 0 Å². The van der Waals surface area contributed by atoms with E-state index >= 15 is 0 Å². The summed E-state index contributed by atoms with van der Waals surface area (Å²) in [5, 5.41) is 3.60. The maximum Gasteiger partial charge on any atom is 0.161 e. The molecule has 0 bridgehead atoms. The lowest BCUT2D eigenvalue weighted by Crippen LogP contribution is -2.00. The molecule has 0 aliphatic carbocycles. The minimum Gasteiger partial charge on any atom is -0.493 e. The molecule has 17 heavy (non-hydrogen) atoms. The topological polar surface area (TPSA) is 70.5 Å². The van der Waals surface area contributed by atoms with Crippen LogP contribution in [0.3, 0.4) is 0 Å². The molecule has 1 aromatic heterocycles. The Bertz CT molecular complexity index is 469. The molecule has 0 radical (unpaired) electrons. The van der Waals surface area contributed by atoms with Crippen molar-refractivity contribution in [3.05, 3.63) is 41.8 Å². The molecule has 0 unspecified atom stereocenters. The summed E-state index contributed by atoms with van der Waals surface area (Å²) in [6.07, 6.45) is 3.15. The number of hydrogen-bond acceptors (Lipinski definition) is 5. The summed E-state index contributed by atoms with van der Waals surface area (Å²) in [6, 6.07) is 5.61. The minimum absolute atomic E-state index is 0.391. The average Bonchev–Trinajstić information content (AvgIpc) is 2.89. The van der Waals surface area contributed by atoms with Crippen molar-refractivity contribution in [1.82, 2.24) is 5.16 Å². The molecule has 0 saturated heterocycles. The lowest BCUT2D eigenvalue weighted by Gasteiger charge is -2.10. The van der Waals surface area contributed by atoms with Crippen LogP contribution in [0.15, 0.2) is 35.2 Å². The molecular weight excluding hydrogens is 220 g/mol. The Morgan fingerprint density at radius 3 is 2.82 bits per heavy atom. The lowest BCUT2D eigenvalue weighted by atomic mass is 10.2. The number of aromatic nitrogens is 1. The molecule has 1 heterocycles. The molecule has 0 saturated carbocycles. The van der Waals surface area contributed by atoms with Crippen LogP contribution in [-0.4, -0.2) is 12.3 Å². The summed E-state index contributed by atoms with van der Waals surface area (Å²) in [4.78, 5) is 0. The molecule has 0 aliphatic heterocycles. The Morgan fingerprint density at radius 2 is 2.18 bits per heavy atom. The number of nitrogens with zero attached hydrogens (tertiary/aromatic N) is 1. The van der Waals surface area contributed by atoms with Gasteiger partial charge >= 0.3 is 0 Å². The second-order valence-corrected chi connectivity index (χ2v) is 3.51. The molecule has 1 aromatic carbocycles. The SMILES string of the molecule is COc1cc(CN)ccc1OCc1cnoc1. The van der Waals surface area contributed by atoms with Gasteiger partial charge in [-0.05, 0) is 17.7 Å². The van der Waals surface area contributed by atoms with Crippen molar-refractivity contribution < 1.29 is 14.0 Å². The molecule has 2 rings (SSSR count). The van der Waals surface area contributed by atoms with E-state index in [-0.39, 0.29) is 0 Å². The summed E-state index contributed by atoms with van der Waals surface area (Å²) in [7, 11) is 1.60. The van der Waals surface area contributed by atoms with Gasteiger partial charge in [0.25, 0.3) is 0 Å². The Labute approximate surface area is 99.1 Å². The van der Waals surface area contributed by atoms with Gasteiger partial charge in [-0.25, -0.2) is 0 Å². The van der Waals surface area contributed by atoms with Crippen molar-refractivity contribution >= 4 is 0 Å². The van der Waals surface area contributed by atoms with Gasteiger partial charge < -0.3 is 19.7 Å². The molecule has 2 N–H and O–H groups in total. The monoisotopic (exact) mass is 234 g/mol. The Morgan fingerprint density at radius 1 is 1.29 bits per heavy atom. The molecule has 0 aliphatic rings. The van der Waals surface area contributed by atoms with E-state index in [0.717, 1.165) is 11.1 Å². The van der Waals surface area contributed by atoms with Crippen LogP contribution in [0.1, 0.15) is 11.1 Å². The van der Waals surface area contributed by atoms with E-state index in [1.165, 1.54) is 0 Å². The standard InChI is InChI=1S/C12H14N2O3/c1-15-12-4-9(5-13)2-3-11(12)16-7-10-6-14-17-8-10/h2-4,6,8H,5,7,13H2,1H3. The molecular formula is C12H14N2O3. The van der Waals surface area contributed by atoms with E-state index in [1.54, 1.807) is 19.6 Å². The summed E-state index contributed by atoms with van der Waals surface area (Å²) in [5.74, 6) is 1.34. The highest BCUT2D eigenvalue weighted by molar-refractivity contribution is 5.43. The molecule has 5 nitrogen and oxygen atoms in total. The van der Waals surface area contributed by atoms with E-state index < -0.39 is 0 Å². The first-order valence-electron chi connectivity index (χ1n) is 5.21. The maximum absolute atomic E-state index is 5.61. The zero-order valence-electron chi connectivity index (χ0n) is 9.55. The number of rotatable bonds is 5. The zero-order chi connectivity index (χ0) is 12.1. The van der Waals surface area contributed by atoms with E-state index in [2.05, 4.69) is 5.16 Å². The van der Waals surface area contributed by atoms with Crippen LogP contribution in [0.25, 0.3) is 0 Å². The van der Waals surface area contributed by atoms with E-state index in [4.69, 9.17) is 19.7 Å². The van der Waals surface area contributed by atoms with Crippen LogP contribution in [0, 0.1) is 0 Å². The van der Waals surface area contributed by atoms with Gasteiger partial charge in [-0.3, -0.25) is 0 Å². The predicted molar refractivity (Wildman–Crippen MR) is 61.7 cm³/mol. The second kappa shape index (κ2) is 5.36. The van der Waals surface area contributed by atoms with Crippen LogP contribution < -0.4 is 15.2 Å². The van der Waals surface area contributed by atoms with E-state index in [1.807, 2.05) is 18.2 Å². The number of benzene rings is 1. The second-order valence-electron chi connectivity index (χ2n) is 3.51. The molecule has 0 spiro atoms. The highest BCUT2D eigenvalue weighted by Crippen LogP contribution is 2.28. The third kappa shape index (κ3) is 2.76. The highest BCUT2D eigenvalue weighted by atomic mass is 16.5. The van der Waals surface area contributed by atoms with Gasteiger partial charge in [0, 0.05) is 12.1 Å². The van der Waals surface area contributed by atoms with Gasteiger partial charge in [0.2, 0.25) is 0 Å². The Hall–Kier alpha value is -2.01. The third-order valence-electron chi connectivity index (χ3n) is 2.34. The quantitative estimate of drug-likeness (QED) is 0.852. The first-order chi connectivity index (χ1) is 8.33. The molecule has 90 valence electrons. The molecule has 0 fully saturated rings. The summed E-state index contributed by atoms with van der Waals surface area (Å²) in [5.41, 5.74) is 7.43. The summed E-state index contributed by atoms with van der Waals surface area (Å²) >= 11 is 0. The smallest absolute Gasteiger partial charge is 0.161 e. The predicted octanol–water partition coefficient (Wildman–Crippen LogP) is 1.72. The van der Waals surface area contributed by atoms with E-state index in [9.17, 15) is 0 Å². The van der Waals surface area contributed by atoms with Crippen LogP contribution in [0.4, 0.5) is 0 Å². The molecule has 5 heteroatoms. The van der Waals surface area contributed by atoms with Crippen LogP contribution in [0.5, 0.6) is 11.5 Å². The summed E-state index contributed by atoms with van der Waals surface area (Å²) in [6.45, 7) is 0.865. The Balaban J connectivity index is 2.09.